The topological polar surface area (TPSA) is 51.8 Å². The van der Waals surface area contributed by atoms with Crippen molar-refractivity contribution in [3.63, 3.8) is 0 Å². The number of benzene rings is 1. The molecule has 1 aliphatic rings. The molecule has 1 aromatic heterocycles. The molecule has 0 unspecified atom stereocenters. The van der Waals surface area contributed by atoms with E-state index in [1.807, 2.05) is 0 Å². The summed E-state index contributed by atoms with van der Waals surface area (Å²) in [4.78, 5) is 15.8. The summed E-state index contributed by atoms with van der Waals surface area (Å²) in [6, 6.07) is 9.12. The highest BCUT2D eigenvalue weighted by Gasteiger charge is 2.23. The number of furan rings is 1. The number of allylic oxidation sites excluding steroid dienone is 2. The van der Waals surface area contributed by atoms with Crippen molar-refractivity contribution in [3.05, 3.63) is 77.7 Å². The molecule has 0 saturated heterocycles. The normalized spacial score (nSPS) is 16.5. The molecule has 0 radical (unpaired) electrons. The molecule has 3 rings (SSSR count). The highest BCUT2D eigenvalue weighted by atomic mass is 19.1. The van der Waals surface area contributed by atoms with Crippen LogP contribution in [0.4, 0.5) is 4.39 Å². The van der Waals surface area contributed by atoms with Gasteiger partial charge in [-0.15, -0.1) is 0 Å². The van der Waals surface area contributed by atoms with Gasteiger partial charge in [0, 0.05) is 5.56 Å². The van der Waals surface area contributed by atoms with E-state index >= 15 is 0 Å². The SMILES string of the molecule is O=C1OC(c2ccc(F)cc2)=NC1=CC=Cc1ccco1. The summed E-state index contributed by atoms with van der Waals surface area (Å²) in [6.45, 7) is 0. The van der Waals surface area contributed by atoms with Crippen LogP contribution in [0.1, 0.15) is 11.3 Å². The van der Waals surface area contributed by atoms with Crippen molar-refractivity contribution in [2.24, 2.45) is 4.99 Å². The Labute approximate surface area is 119 Å². The van der Waals surface area contributed by atoms with Crippen LogP contribution in [-0.4, -0.2) is 11.9 Å². The van der Waals surface area contributed by atoms with Gasteiger partial charge in [-0.2, -0.15) is 0 Å². The molecule has 0 fully saturated rings. The zero-order valence-corrected chi connectivity index (χ0v) is 10.8. The molecule has 0 atom stereocenters. The lowest BCUT2D eigenvalue weighted by Crippen LogP contribution is -2.05. The zero-order chi connectivity index (χ0) is 14.7. The minimum atomic E-state index is -0.543. The summed E-state index contributed by atoms with van der Waals surface area (Å²) >= 11 is 0. The quantitative estimate of drug-likeness (QED) is 0.641. The van der Waals surface area contributed by atoms with E-state index in [1.54, 1.807) is 30.5 Å². The Hall–Kier alpha value is -2.95. The first kappa shape index (κ1) is 13.1. The number of esters is 1. The van der Waals surface area contributed by atoms with Crippen LogP contribution in [0.15, 0.2) is 69.9 Å². The standard InChI is InChI=1S/C16H10FNO3/c17-12-8-6-11(7-9-12)15-18-14(16(19)21-15)5-1-3-13-4-2-10-20-13/h1-10H. The minimum absolute atomic E-state index is 0.164. The summed E-state index contributed by atoms with van der Waals surface area (Å²) in [5.74, 6) is -0.0714. The first-order valence-electron chi connectivity index (χ1n) is 6.21. The van der Waals surface area contributed by atoms with Gasteiger partial charge < -0.3 is 9.15 Å². The largest absolute Gasteiger partial charge is 0.465 e. The smallest absolute Gasteiger partial charge is 0.363 e. The van der Waals surface area contributed by atoms with Crippen molar-refractivity contribution in [1.29, 1.82) is 0 Å². The van der Waals surface area contributed by atoms with Crippen molar-refractivity contribution in [1.82, 2.24) is 0 Å². The van der Waals surface area contributed by atoms with Gasteiger partial charge in [-0.25, -0.2) is 14.2 Å². The highest BCUT2D eigenvalue weighted by molar-refractivity contribution is 6.11. The van der Waals surface area contributed by atoms with Crippen LogP contribution in [0.5, 0.6) is 0 Å². The molecule has 0 N–H and O–H groups in total. The Balaban J connectivity index is 1.80. The molecule has 0 spiro atoms. The van der Waals surface area contributed by atoms with Crippen molar-refractivity contribution in [2.75, 3.05) is 0 Å². The van der Waals surface area contributed by atoms with Gasteiger partial charge in [0.15, 0.2) is 5.70 Å². The van der Waals surface area contributed by atoms with Gasteiger partial charge >= 0.3 is 5.97 Å². The number of nitrogens with zero attached hydrogens (tertiary/aromatic N) is 1. The number of hydrogen-bond donors (Lipinski definition) is 0. The summed E-state index contributed by atoms with van der Waals surface area (Å²) in [5.41, 5.74) is 0.722. The Bertz CT molecular complexity index is 740. The number of aliphatic imine (C=N–C) groups is 1. The molecule has 21 heavy (non-hydrogen) atoms. The van der Waals surface area contributed by atoms with Crippen LogP contribution in [-0.2, 0) is 9.53 Å². The Kier molecular flexibility index (Phi) is 3.47. The molecule has 2 heterocycles. The third-order valence-corrected chi connectivity index (χ3v) is 2.77. The maximum atomic E-state index is 12.9. The number of carbonyl (C=O) groups excluding carboxylic acids is 1. The monoisotopic (exact) mass is 283 g/mol. The lowest BCUT2D eigenvalue weighted by Gasteiger charge is -1.98. The van der Waals surface area contributed by atoms with E-state index in [4.69, 9.17) is 9.15 Å². The first-order valence-corrected chi connectivity index (χ1v) is 6.21. The average Bonchev–Trinajstić information content (AvgIpc) is 3.10. The molecule has 104 valence electrons. The Morgan fingerprint density at radius 3 is 2.67 bits per heavy atom. The van der Waals surface area contributed by atoms with Crippen LogP contribution in [0.3, 0.4) is 0 Å². The van der Waals surface area contributed by atoms with E-state index in [0.29, 0.717) is 11.3 Å². The van der Waals surface area contributed by atoms with Gasteiger partial charge in [-0.1, -0.05) is 6.08 Å². The van der Waals surface area contributed by atoms with Crippen LogP contribution in [0.2, 0.25) is 0 Å². The summed E-state index contributed by atoms with van der Waals surface area (Å²) in [6.07, 6.45) is 6.43. The third-order valence-electron chi connectivity index (χ3n) is 2.77. The van der Waals surface area contributed by atoms with E-state index in [0.717, 1.165) is 0 Å². The molecule has 5 heteroatoms. The fourth-order valence-corrected chi connectivity index (χ4v) is 1.76. The van der Waals surface area contributed by atoms with Crippen LogP contribution in [0.25, 0.3) is 6.08 Å². The molecule has 0 amide bonds. The number of cyclic esters (lactones) is 1. The molecule has 0 aliphatic carbocycles. The molecular weight excluding hydrogens is 273 g/mol. The average molecular weight is 283 g/mol. The zero-order valence-electron chi connectivity index (χ0n) is 10.8. The number of halogens is 1. The van der Waals surface area contributed by atoms with Gasteiger partial charge in [-0.05, 0) is 48.6 Å². The summed E-state index contributed by atoms with van der Waals surface area (Å²) in [7, 11) is 0. The van der Waals surface area contributed by atoms with Crippen LogP contribution < -0.4 is 0 Å². The first-order chi connectivity index (χ1) is 10.2. The van der Waals surface area contributed by atoms with Gasteiger partial charge in [-0.3, -0.25) is 0 Å². The van der Waals surface area contributed by atoms with Gasteiger partial charge in [0.2, 0.25) is 5.90 Å². The van der Waals surface area contributed by atoms with E-state index in [1.165, 1.54) is 30.3 Å². The predicted molar refractivity (Wildman–Crippen MR) is 74.9 cm³/mol. The van der Waals surface area contributed by atoms with E-state index in [9.17, 15) is 9.18 Å². The molecular formula is C16H10FNO3. The maximum Gasteiger partial charge on any atom is 0.363 e. The number of rotatable bonds is 3. The van der Waals surface area contributed by atoms with Crippen LogP contribution >= 0.6 is 0 Å². The lowest BCUT2D eigenvalue weighted by molar-refractivity contribution is -0.130. The van der Waals surface area contributed by atoms with Crippen molar-refractivity contribution in [3.8, 4) is 0 Å². The lowest BCUT2D eigenvalue weighted by atomic mass is 10.2. The fourth-order valence-electron chi connectivity index (χ4n) is 1.76. The number of ether oxygens (including phenoxy) is 1. The molecule has 2 aromatic rings. The number of carbonyl (C=O) groups is 1. The summed E-state index contributed by atoms with van der Waals surface area (Å²) in [5, 5.41) is 0. The molecule has 4 nitrogen and oxygen atoms in total. The second-order valence-electron chi connectivity index (χ2n) is 4.24. The Morgan fingerprint density at radius 1 is 1.14 bits per heavy atom. The minimum Gasteiger partial charge on any atom is -0.465 e. The second-order valence-corrected chi connectivity index (χ2v) is 4.24. The maximum absolute atomic E-state index is 12.9. The number of hydrogen-bond acceptors (Lipinski definition) is 4. The van der Waals surface area contributed by atoms with Crippen molar-refractivity contribution < 1.29 is 18.3 Å². The molecule has 0 bridgehead atoms. The fraction of sp³-hybridized carbons (Fsp3) is 0. The van der Waals surface area contributed by atoms with E-state index < -0.39 is 5.97 Å². The second kappa shape index (κ2) is 5.58. The van der Waals surface area contributed by atoms with Gasteiger partial charge in [0.05, 0.1) is 6.26 Å². The molecule has 1 aromatic carbocycles. The van der Waals surface area contributed by atoms with Crippen molar-refractivity contribution in [2.45, 2.75) is 0 Å². The summed E-state index contributed by atoms with van der Waals surface area (Å²) < 4.78 is 23.0. The highest BCUT2D eigenvalue weighted by Crippen LogP contribution is 2.17. The van der Waals surface area contributed by atoms with Gasteiger partial charge in [0.25, 0.3) is 0 Å². The van der Waals surface area contributed by atoms with E-state index in [2.05, 4.69) is 4.99 Å². The van der Waals surface area contributed by atoms with Gasteiger partial charge in [0.1, 0.15) is 11.6 Å². The molecule has 1 aliphatic heterocycles. The predicted octanol–water partition coefficient (Wildman–Crippen LogP) is 3.32. The third kappa shape index (κ3) is 2.97. The Morgan fingerprint density at radius 2 is 1.95 bits per heavy atom. The molecule has 0 saturated carbocycles. The van der Waals surface area contributed by atoms with Crippen molar-refractivity contribution >= 4 is 17.9 Å². The van der Waals surface area contributed by atoms with Crippen LogP contribution in [0, 0.1) is 5.82 Å². The van der Waals surface area contributed by atoms with E-state index in [-0.39, 0.29) is 17.4 Å².